The Balaban J connectivity index is 2.54. The van der Waals surface area contributed by atoms with Crippen molar-refractivity contribution >= 4 is 18.3 Å². The van der Waals surface area contributed by atoms with Gasteiger partial charge in [-0.3, -0.25) is 0 Å². The van der Waals surface area contributed by atoms with Crippen LogP contribution in [0.3, 0.4) is 0 Å². The van der Waals surface area contributed by atoms with Gasteiger partial charge in [-0.25, -0.2) is 4.39 Å². The van der Waals surface area contributed by atoms with Gasteiger partial charge in [0.25, 0.3) is 5.95 Å². The van der Waals surface area contributed by atoms with E-state index in [9.17, 15) is 4.39 Å². The van der Waals surface area contributed by atoms with E-state index in [0.717, 1.165) is 0 Å². The molecule has 4 nitrogen and oxygen atoms in total. The van der Waals surface area contributed by atoms with Crippen molar-refractivity contribution in [2.75, 3.05) is 0 Å². The molecule has 1 aromatic heterocycles. The third-order valence-corrected chi connectivity index (χ3v) is 2.07. The Labute approximate surface area is 85.1 Å². The topological polar surface area (TPSA) is 62.8 Å². The number of aryl methyl sites for hydroxylation is 1. The van der Waals surface area contributed by atoms with Crippen LogP contribution in [0.1, 0.15) is 5.56 Å². The first-order valence-electron chi connectivity index (χ1n) is 4.29. The van der Waals surface area contributed by atoms with E-state index in [2.05, 4.69) is 4.65 Å². The molecule has 1 heterocycles. The van der Waals surface area contributed by atoms with E-state index >= 15 is 0 Å². The van der Waals surface area contributed by atoms with Crippen molar-refractivity contribution in [2.24, 2.45) is 0 Å². The molecule has 0 spiro atoms. The maximum atomic E-state index is 12.9. The van der Waals surface area contributed by atoms with Crippen LogP contribution in [0.25, 0.3) is 11.0 Å². The Morgan fingerprint density at radius 3 is 2.80 bits per heavy atom. The number of hydrogen-bond acceptors (Lipinski definition) is 4. The number of benzene rings is 1. The number of rotatable bonds is 2. The third-order valence-electron chi connectivity index (χ3n) is 2.07. The van der Waals surface area contributed by atoms with Gasteiger partial charge in [-0.2, -0.15) is 0 Å². The molecule has 0 aliphatic rings. The summed E-state index contributed by atoms with van der Waals surface area (Å²) in [6, 6.07) is 4.00. The van der Waals surface area contributed by atoms with Gasteiger partial charge in [-0.15, -0.1) is 0 Å². The van der Waals surface area contributed by atoms with Crippen LogP contribution in [-0.4, -0.2) is 17.4 Å². The van der Waals surface area contributed by atoms with Gasteiger partial charge in [-0.05, 0) is 25.1 Å². The summed E-state index contributed by atoms with van der Waals surface area (Å²) in [5.74, 6) is -0.409. The Morgan fingerprint density at radius 1 is 1.40 bits per heavy atom. The van der Waals surface area contributed by atoms with Gasteiger partial charge in [-0.1, -0.05) is 0 Å². The molecule has 0 unspecified atom stereocenters. The van der Waals surface area contributed by atoms with Gasteiger partial charge in [0, 0.05) is 10.9 Å². The molecule has 6 heteroatoms. The van der Waals surface area contributed by atoms with E-state index in [4.69, 9.17) is 14.5 Å². The van der Waals surface area contributed by atoms with Crippen LogP contribution in [0, 0.1) is 12.7 Å². The van der Waals surface area contributed by atoms with Crippen LogP contribution in [0.5, 0.6) is 5.95 Å². The Kier molecular flexibility index (Phi) is 2.38. The fourth-order valence-electron chi connectivity index (χ4n) is 1.38. The zero-order chi connectivity index (χ0) is 11.0. The van der Waals surface area contributed by atoms with E-state index in [1.165, 1.54) is 18.2 Å². The molecule has 15 heavy (non-hydrogen) atoms. The summed E-state index contributed by atoms with van der Waals surface area (Å²) in [7, 11) is -1.95. The summed E-state index contributed by atoms with van der Waals surface area (Å²) in [5.41, 5.74) is 0.960. The lowest BCUT2D eigenvalue weighted by Gasteiger charge is -1.99. The van der Waals surface area contributed by atoms with Crippen molar-refractivity contribution < 1.29 is 23.5 Å². The second-order valence-corrected chi connectivity index (χ2v) is 3.10. The highest BCUT2D eigenvalue weighted by Crippen LogP contribution is 2.31. The molecule has 0 radical (unpaired) electrons. The summed E-state index contributed by atoms with van der Waals surface area (Å²) in [6.07, 6.45) is 0. The smallest absolute Gasteiger partial charge is 0.484 e. The van der Waals surface area contributed by atoms with Gasteiger partial charge in [0.15, 0.2) is 0 Å². The maximum Gasteiger partial charge on any atom is 0.709 e. The molecule has 0 fully saturated rings. The van der Waals surface area contributed by atoms with E-state index in [1.807, 2.05) is 0 Å². The van der Waals surface area contributed by atoms with Gasteiger partial charge in [0.1, 0.15) is 11.4 Å². The van der Waals surface area contributed by atoms with Crippen molar-refractivity contribution in [2.45, 2.75) is 6.92 Å². The molecule has 0 saturated carbocycles. The molecule has 1 aromatic carbocycles. The highest BCUT2D eigenvalue weighted by Gasteiger charge is 2.18. The van der Waals surface area contributed by atoms with Crippen LogP contribution < -0.4 is 4.65 Å². The molecule has 0 bridgehead atoms. The molecule has 2 aromatic rings. The van der Waals surface area contributed by atoms with Crippen LogP contribution in [0.15, 0.2) is 22.6 Å². The molecule has 0 aliphatic carbocycles. The summed E-state index contributed by atoms with van der Waals surface area (Å²) in [4.78, 5) is 0. The van der Waals surface area contributed by atoms with Crippen LogP contribution in [0.4, 0.5) is 4.39 Å². The second-order valence-electron chi connectivity index (χ2n) is 3.10. The summed E-state index contributed by atoms with van der Waals surface area (Å²) < 4.78 is 22.7. The predicted octanol–water partition coefficient (Wildman–Crippen LogP) is 1.23. The highest BCUT2D eigenvalue weighted by molar-refractivity contribution is 6.33. The third kappa shape index (κ3) is 1.81. The van der Waals surface area contributed by atoms with Crippen molar-refractivity contribution in [1.29, 1.82) is 0 Å². The molecule has 2 rings (SSSR count). The number of furan rings is 1. The maximum absolute atomic E-state index is 12.9. The van der Waals surface area contributed by atoms with Crippen molar-refractivity contribution in [3.05, 3.63) is 29.6 Å². The van der Waals surface area contributed by atoms with Crippen LogP contribution >= 0.6 is 0 Å². The molecular formula is C9H8BFO4. The Bertz CT molecular complexity index is 494. The minimum Gasteiger partial charge on any atom is -0.484 e. The number of hydrogen-bond donors (Lipinski definition) is 2. The second kappa shape index (κ2) is 3.56. The minimum atomic E-state index is -1.95. The highest BCUT2D eigenvalue weighted by atomic mass is 19.1. The molecule has 0 aliphatic heterocycles. The van der Waals surface area contributed by atoms with E-state index < -0.39 is 7.32 Å². The zero-order valence-electron chi connectivity index (χ0n) is 7.90. The summed E-state index contributed by atoms with van der Waals surface area (Å²) in [5, 5.41) is 17.8. The average molecular weight is 210 g/mol. The molecule has 2 N–H and O–H groups in total. The molecule has 78 valence electrons. The molecule has 0 amide bonds. The predicted molar refractivity (Wildman–Crippen MR) is 51.7 cm³/mol. The lowest BCUT2D eigenvalue weighted by Crippen LogP contribution is -2.20. The fraction of sp³-hybridized carbons (Fsp3) is 0.111. The van der Waals surface area contributed by atoms with E-state index in [-0.39, 0.29) is 11.8 Å². The van der Waals surface area contributed by atoms with Gasteiger partial charge in [0.2, 0.25) is 0 Å². The largest absolute Gasteiger partial charge is 0.709 e. The summed E-state index contributed by atoms with van der Waals surface area (Å²) >= 11 is 0. The lowest BCUT2D eigenvalue weighted by molar-refractivity contribution is 0.255. The van der Waals surface area contributed by atoms with Crippen molar-refractivity contribution in [3.8, 4) is 5.95 Å². The first kappa shape index (κ1) is 10.0. The lowest BCUT2D eigenvalue weighted by atomic mass is 10.2. The Morgan fingerprint density at radius 2 is 2.13 bits per heavy atom. The fourth-order valence-corrected chi connectivity index (χ4v) is 1.38. The van der Waals surface area contributed by atoms with Gasteiger partial charge >= 0.3 is 7.32 Å². The van der Waals surface area contributed by atoms with E-state index in [1.54, 1.807) is 6.92 Å². The zero-order valence-corrected chi connectivity index (χ0v) is 7.90. The Hall–Kier alpha value is -1.53. The van der Waals surface area contributed by atoms with Crippen molar-refractivity contribution in [1.82, 2.24) is 0 Å². The van der Waals surface area contributed by atoms with E-state index in [0.29, 0.717) is 16.5 Å². The van der Waals surface area contributed by atoms with Gasteiger partial charge < -0.3 is 19.1 Å². The normalized spacial score (nSPS) is 10.7. The number of halogens is 1. The molecular weight excluding hydrogens is 202 g/mol. The van der Waals surface area contributed by atoms with Crippen LogP contribution in [0.2, 0.25) is 0 Å². The average Bonchev–Trinajstić information content (AvgIpc) is 2.44. The number of fused-ring (bicyclic) bond motifs is 1. The minimum absolute atomic E-state index is 0.0226. The first-order chi connectivity index (χ1) is 7.08. The SMILES string of the molecule is Cc1c(OB(O)O)oc2ccc(F)cc12. The van der Waals surface area contributed by atoms with Gasteiger partial charge in [0.05, 0.1) is 0 Å². The molecule has 0 saturated heterocycles. The quantitative estimate of drug-likeness (QED) is 0.731. The standard InChI is InChI=1S/C9H8BFO4/c1-5-7-4-6(11)2-3-8(7)14-9(5)15-10(12)13/h2-4,12-13H,1H3. The molecule has 0 atom stereocenters. The summed E-state index contributed by atoms with van der Waals surface area (Å²) in [6.45, 7) is 1.64. The van der Waals surface area contributed by atoms with Crippen molar-refractivity contribution in [3.63, 3.8) is 0 Å². The monoisotopic (exact) mass is 210 g/mol. The first-order valence-corrected chi connectivity index (χ1v) is 4.29. The van der Waals surface area contributed by atoms with Crippen LogP contribution in [-0.2, 0) is 0 Å².